The summed E-state index contributed by atoms with van der Waals surface area (Å²) in [5.74, 6) is -0.213. The predicted molar refractivity (Wildman–Crippen MR) is 113 cm³/mol. The molecular formula is C21H26N4O5S. The molecule has 0 aromatic carbocycles. The van der Waals surface area contributed by atoms with Crippen LogP contribution in [-0.2, 0) is 15.3 Å². The number of ether oxygens (including phenoxy) is 1. The minimum absolute atomic E-state index is 0.0721. The highest BCUT2D eigenvalue weighted by molar-refractivity contribution is 7.98. The standard InChI is InChI=1S/C21H26N4O5S/c1-13-11-16(25-30-13)12-31-19-17(9-6-10-22-19)20(27)29-14(2)18(26)24-21(28)23-15-7-4-3-5-8-15/h6,9-11,14-15H,3-5,7-8,12H2,1-2H3,(H2,23,24,26,28). The molecule has 2 N–H and O–H groups in total. The van der Waals surface area contributed by atoms with E-state index in [4.69, 9.17) is 9.26 Å². The van der Waals surface area contributed by atoms with Crippen molar-refractivity contribution in [3.05, 3.63) is 41.4 Å². The second-order valence-corrected chi connectivity index (χ2v) is 8.38. The van der Waals surface area contributed by atoms with E-state index in [1.165, 1.54) is 25.1 Å². The van der Waals surface area contributed by atoms with Gasteiger partial charge in [0.25, 0.3) is 5.91 Å². The third kappa shape index (κ3) is 6.81. The molecule has 1 atom stereocenters. The Labute approximate surface area is 184 Å². The molecule has 0 spiro atoms. The van der Waals surface area contributed by atoms with Crippen LogP contribution in [0.15, 0.2) is 33.9 Å². The number of hydrogen-bond donors (Lipinski definition) is 2. The van der Waals surface area contributed by atoms with Crippen molar-refractivity contribution in [3.8, 4) is 0 Å². The fraction of sp³-hybridized carbons (Fsp3) is 0.476. The first-order valence-corrected chi connectivity index (χ1v) is 11.2. The van der Waals surface area contributed by atoms with Gasteiger partial charge in [-0.25, -0.2) is 14.6 Å². The Morgan fingerprint density at radius 2 is 2.06 bits per heavy atom. The van der Waals surface area contributed by atoms with Gasteiger partial charge in [0.1, 0.15) is 10.8 Å². The molecule has 10 heteroatoms. The van der Waals surface area contributed by atoms with Crippen LogP contribution in [0.2, 0.25) is 0 Å². The summed E-state index contributed by atoms with van der Waals surface area (Å²) in [5, 5.41) is 9.41. The molecule has 3 rings (SSSR count). The van der Waals surface area contributed by atoms with Gasteiger partial charge in [-0.2, -0.15) is 0 Å². The predicted octanol–water partition coefficient (Wildman–Crippen LogP) is 3.37. The summed E-state index contributed by atoms with van der Waals surface area (Å²) in [4.78, 5) is 41.2. The number of thioether (sulfide) groups is 1. The zero-order chi connectivity index (χ0) is 22.2. The first-order valence-electron chi connectivity index (χ1n) is 10.2. The average Bonchev–Trinajstić information content (AvgIpc) is 3.18. The number of hydrogen-bond acceptors (Lipinski definition) is 8. The molecule has 1 unspecified atom stereocenters. The van der Waals surface area contributed by atoms with E-state index < -0.39 is 24.0 Å². The average molecular weight is 447 g/mol. The zero-order valence-corrected chi connectivity index (χ0v) is 18.4. The zero-order valence-electron chi connectivity index (χ0n) is 17.6. The van der Waals surface area contributed by atoms with Crippen LogP contribution in [0.4, 0.5) is 4.79 Å². The Hall–Kier alpha value is -2.88. The van der Waals surface area contributed by atoms with E-state index in [1.54, 1.807) is 31.3 Å². The number of nitrogens with one attached hydrogen (secondary N) is 2. The lowest BCUT2D eigenvalue weighted by molar-refractivity contribution is -0.127. The lowest BCUT2D eigenvalue weighted by atomic mass is 9.96. The molecule has 0 radical (unpaired) electrons. The summed E-state index contributed by atoms with van der Waals surface area (Å²) in [6.45, 7) is 3.22. The number of carbonyl (C=O) groups excluding carboxylic acids is 3. The highest BCUT2D eigenvalue weighted by Gasteiger charge is 2.24. The van der Waals surface area contributed by atoms with Crippen molar-refractivity contribution in [2.75, 3.05) is 0 Å². The number of rotatable bonds is 7. The Balaban J connectivity index is 1.52. The highest BCUT2D eigenvalue weighted by Crippen LogP contribution is 2.25. The quantitative estimate of drug-likeness (QED) is 0.490. The highest BCUT2D eigenvalue weighted by atomic mass is 32.2. The van der Waals surface area contributed by atoms with Crippen molar-refractivity contribution in [1.29, 1.82) is 0 Å². The van der Waals surface area contributed by atoms with Crippen LogP contribution < -0.4 is 10.6 Å². The first kappa shape index (κ1) is 22.8. The number of carbonyl (C=O) groups is 3. The topological polar surface area (TPSA) is 123 Å². The fourth-order valence-electron chi connectivity index (χ4n) is 3.25. The van der Waals surface area contributed by atoms with Crippen LogP contribution in [-0.4, -0.2) is 40.2 Å². The summed E-state index contributed by atoms with van der Waals surface area (Å²) in [6.07, 6.45) is 5.53. The summed E-state index contributed by atoms with van der Waals surface area (Å²) in [7, 11) is 0. The number of esters is 1. The fourth-order valence-corrected chi connectivity index (χ4v) is 4.11. The van der Waals surface area contributed by atoms with Crippen molar-refractivity contribution < 1.29 is 23.6 Å². The second-order valence-electron chi connectivity index (χ2n) is 7.42. The largest absolute Gasteiger partial charge is 0.449 e. The molecule has 31 heavy (non-hydrogen) atoms. The number of urea groups is 1. The van der Waals surface area contributed by atoms with Crippen molar-refractivity contribution >= 4 is 29.7 Å². The maximum absolute atomic E-state index is 12.6. The normalized spacial score (nSPS) is 15.2. The van der Waals surface area contributed by atoms with Gasteiger partial charge in [0.05, 0.1) is 11.3 Å². The van der Waals surface area contributed by atoms with Crippen molar-refractivity contribution in [3.63, 3.8) is 0 Å². The van der Waals surface area contributed by atoms with E-state index in [0.29, 0.717) is 16.5 Å². The van der Waals surface area contributed by atoms with Gasteiger partial charge in [0, 0.05) is 24.1 Å². The van der Waals surface area contributed by atoms with E-state index in [-0.39, 0.29) is 11.6 Å². The SMILES string of the molecule is Cc1cc(CSc2ncccc2C(=O)OC(C)C(=O)NC(=O)NC2CCCCC2)no1. The second kappa shape index (κ2) is 10.9. The van der Waals surface area contributed by atoms with Crippen LogP contribution in [0.1, 0.15) is 60.8 Å². The molecular weight excluding hydrogens is 420 g/mol. The lowest BCUT2D eigenvalue weighted by Crippen LogP contribution is -2.48. The van der Waals surface area contributed by atoms with Gasteiger partial charge in [-0.3, -0.25) is 10.1 Å². The molecule has 0 aliphatic heterocycles. The minimum atomic E-state index is -1.14. The van der Waals surface area contributed by atoms with Gasteiger partial charge < -0.3 is 14.6 Å². The van der Waals surface area contributed by atoms with Gasteiger partial charge in [0.2, 0.25) is 0 Å². The van der Waals surface area contributed by atoms with Crippen molar-refractivity contribution in [2.45, 2.75) is 68.9 Å². The third-order valence-electron chi connectivity index (χ3n) is 4.85. The lowest BCUT2D eigenvalue weighted by Gasteiger charge is -2.23. The Morgan fingerprint density at radius 1 is 1.29 bits per heavy atom. The minimum Gasteiger partial charge on any atom is -0.449 e. The Kier molecular flexibility index (Phi) is 8.05. The van der Waals surface area contributed by atoms with Gasteiger partial charge in [-0.15, -0.1) is 0 Å². The summed E-state index contributed by atoms with van der Waals surface area (Å²) >= 11 is 1.31. The molecule has 3 amide bonds. The molecule has 1 fully saturated rings. The summed E-state index contributed by atoms with van der Waals surface area (Å²) in [5.41, 5.74) is 0.961. The third-order valence-corrected chi connectivity index (χ3v) is 5.89. The molecule has 2 heterocycles. The van der Waals surface area contributed by atoms with Crippen molar-refractivity contribution in [1.82, 2.24) is 20.8 Å². The number of pyridine rings is 1. The maximum Gasteiger partial charge on any atom is 0.341 e. The number of amides is 3. The van der Waals surface area contributed by atoms with E-state index in [2.05, 4.69) is 20.8 Å². The first-order chi connectivity index (χ1) is 14.9. The molecule has 2 aromatic heterocycles. The van der Waals surface area contributed by atoms with Crippen LogP contribution in [0.25, 0.3) is 0 Å². The Morgan fingerprint density at radius 3 is 2.77 bits per heavy atom. The van der Waals surface area contributed by atoms with Crippen LogP contribution in [0, 0.1) is 6.92 Å². The van der Waals surface area contributed by atoms with E-state index in [0.717, 1.165) is 31.4 Å². The summed E-state index contributed by atoms with van der Waals surface area (Å²) < 4.78 is 10.3. The molecule has 9 nitrogen and oxygen atoms in total. The molecule has 1 aliphatic carbocycles. The number of imide groups is 1. The monoisotopic (exact) mass is 446 g/mol. The van der Waals surface area contributed by atoms with Gasteiger partial charge in [-0.05, 0) is 38.8 Å². The molecule has 0 bridgehead atoms. The van der Waals surface area contributed by atoms with E-state index in [1.807, 2.05) is 0 Å². The molecule has 0 saturated heterocycles. The molecule has 1 aliphatic rings. The number of aryl methyl sites for hydroxylation is 1. The summed E-state index contributed by atoms with van der Waals surface area (Å²) in [6, 6.07) is 4.50. The van der Waals surface area contributed by atoms with Gasteiger partial charge in [-0.1, -0.05) is 36.2 Å². The molecule has 1 saturated carbocycles. The van der Waals surface area contributed by atoms with E-state index in [9.17, 15) is 14.4 Å². The number of nitrogens with zero attached hydrogens (tertiary/aromatic N) is 2. The van der Waals surface area contributed by atoms with Gasteiger partial charge >= 0.3 is 12.0 Å². The Bertz CT molecular complexity index is 926. The molecule has 2 aromatic rings. The van der Waals surface area contributed by atoms with Crippen LogP contribution in [0.3, 0.4) is 0 Å². The van der Waals surface area contributed by atoms with Gasteiger partial charge in [0.15, 0.2) is 6.10 Å². The maximum atomic E-state index is 12.6. The van der Waals surface area contributed by atoms with Crippen molar-refractivity contribution in [2.24, 2.45) is 0 Å². The number of aromatic nitrogens is 2. The molecule has 166 valence electrons. The van der Waals surface area contributed by atoms with Crippen LogP contribution >= 0.6 is 11.8 Å². The van der Waals surface area contributed by atoms with Crippen LogP contribution in [0.5, 0.6) is 0 Å². The smallest absolute Gasteiger partial charge is 0.341 e. The van der Waals surface area contributed by atoms with E-state index >= 15 is 0 Å².